The first-order valence-electron chi connectivity index (χ1n) is 6.19. The van der Waals surface area contributed by atoms with Gasteiger partial charge in [-0.1, -0.05) is 18.2 Å². The molecule has 0 spiro atoms. The summed E-state index contributed by atoms with van der Waals surface area (Å²) in [7, 11) is 1.85. The number of nitrogens with zero attached hydrogens (tertiary/aromatic N) is 2. The molecule has 1 aromatic carbocycles. The van der Waals surface area contributed by atoms with Crippen LogP contribution in [0, 0.1) is 10.1 Å². The van der Waals surface area contributed by atoms with E-state index in [4.69, 9.17) is 0 Å². The first-order chi connectivity index (χ1) is 9.99. The van der Waals surface area contributed by atoms with Crippen LogP contribution in [-0.2, 0) is 13.1 Å². The number of hydrogen-bond donors (Lipinski definition) is 1. The van der Waals surface area contributed by atoms with Crippen molar-refractivity contribution in [2.24, 2.45) is 0 Å². The largest absolute Gasteiger partial charge is 0.477 e. The van der Waals surface area contributed by atoms with E-state index in [1.165, 1.54) is 12.1 Å². The normalized spacial score (nSPS) is 10.8. The molecule has 2 aromatic rings. The topological polar surface area (TPSA) is 83.7 Å². The average molecular weight is 306 g/mol. The third kappa shape index (κ3) is 3.65. The highest BCUT2D eigenvalue weighted by atomic mass is 32.1. The predicted molar refractivity (Wildman–Crippen MR) is 79.5 cm³/mol. The highest BCUT2D eigenvalue weighted by Crippen LogP contribution is 2.24. The molecule has 1 N–H and O–H groups in total. The van der Waals surface area contributed by atoms with E-state index in [1.54, 1.807) is 17.4 Å². The first-order valence-corrected chi connectivity index (χ1v) is 7.07. The molecule has 110 valence electrons. The van der Waals surface area contributed by atoms with Gasteiger partial charge in [-0.15, -0.1) is 11.3 Å². The van der Waals surface area contributed by atoms with Gasteiger partial charge in [0.1, 0.15) is 5.56 Å². The summed E-state index contributed by atoms with van der Waals surface area (Å²) >= 11 is 1.61. The number of nitro benzene ring substituents is 1. The van der Waals surface area contributed by atoms with Crippen LogP contribution in [0.2, 0.25) is 0 Å². The molecular formula is C14H14N2O4S. The smallest absolute Gasteiger partial charge is 0.343 e. The predicted octanol–water partition coefficient (Wildman–Crippen LogP) is 2.99. The third-order valence-corrected chi connectivity index (χ3v) is 3.85. The van der Waals surface area contributed by atoms with Crippen molar-refractivity contribution < 1.29 is 14.8 Å². The minimum Gasteiger partial charge on any atom is -0.477 e. The number of hydrogen-bond acceptors (Lipinski definition) is 5. The molecule has 0 aliphatic carbocycles. The maximum Gasteiger partial charge on any atom is 0.343 e. The highest BCUT2D eigenvalue weighted by molar-refractivity contribution is 7.09. The Morgan fingerprint density at radius 2 is 2.10 bits per heavy atom. The van der Waals surface area contributed by atoms with Gasteiger partial charge in [-0.05, 0) is 24.1 Å². The summed E-state index contributed by atoms with van der Waals surface area (Å²) in [5.41, 5.74) is -0.166. The fourth-order valence-electron chi connectivity index (χ4n) is 2.13. The van der Waals surface area contributed by atoms with E-state index in [2.05, 4.69) is 0 Å². The highest BCUT2D eigenvalue weighted by Gasteiger charge is 2.23. The minimum absolute atomic E-state index is 0.236. The van der Waals surface area contributed by atoms with Crippen LogP contribution in [0.1, 0.15) is 20.8 Å². The number of aromatic carboxylic acids is 1. The van der Waals surface area contributed by atoms with Crippen LogP contribution in [0.4, 0.5) is 5.69 Å². The van der Waals surface area contributed by atoms with Gasteiger partial charge in [-0.25, -0.2) is 4.79 Å². The number of benzene rings is 1. The van der Waals surface area contributed by atoms with Gasteiger partial charge >= 0.3 is 5.97 Å². The molecule has 2 rings (SSSR count). The van der Waals surface area contributed by atoms with Gasteiger partial charge < -0.3 is 5.11 Å². The Kier molecular flexibility index (Phi) is 4.66. The van der Waals surface area contributed by atoms with Crippen LogP contribution in [0.15, 0.2) is 35.7 Å². The molecule has 0 radical (unpaired) electrons. The molecular weight excluding hydrogens is 292 g/mol. The van der Waals surface area contributed by atoms with Gasteiger partial charge in [0.25, 0.3) is 5.69 Å². The van der Waals surface area contributed by atoms with Crippen LogP contribution >= 0.6 is 11.3 Å². The molecule has 0 saturated carbocycles. The van der Waals surface area contributed by atoms with E-state index in [-0.39, 0.29) is 11.3 Å². The van der Waals surface area contributed by atoms with Gasteiger partial charge in [0.2, 0.25) is 0 Å². The number of carboxylic acids is 1. The molecule has 1 aromatic heterocycles. The van der Waals surface area contributed by atoms with Crippen molar-refractivity contribution in [2.75, 3.05) is 7.05 Å². The SMILES string of the molecule is CN(Cc1cccs1)Cc1cccc([N+](=O)[O-])c1C(=O)O. The summed E-state index contributed by atoms with van der Waals surface area (Å²) in [4.78, 5) is 24.7. The Hall–Kier alpha value is -2.25. The minimum atomic E-state index is -1.28. The van der Waals surface area contributed by atoms with Crippen LogP contribution in [0.25, 0.3) is 0 Å². The number of rotatable bonds is 6. The number of thiophene rings is 1. The Labute approximate surface area is 125 Å². The Morgan fingerprint density at radius 1 is 1.33 bits per heavy atom. The monoisotopic (exact) mass is 306 g/mol. The van der Waals surface area contributed by atoms with E-state index in [9.17, 15) is 20.0 Å². The lowest BCUT2D eigenvalue weighted by Crippen LogP contribution is -2.19. The van der Waals surface area contributed by atoms with E-state index in [0.717, 1.165) is 4.88 Å². The second kappa shape index (κ2) is 6.47. The van der Waals surface area contributed by atoms with Crippen molar-refractivity contribution in [1.29, 1.82) is 0 Å². The number of carbonyl (C=O) groups is 1. The Bertz CT molecular complexity index is 655. The number of carboxylic acid groups (broad SMARTS) is 1. The maximum atomic E-state index is 11.3. The molecule has 0 atom stereocenters. The number of nitro groups is 1. The molecule has 0 fully saturated rings. The summed E-state index contributed by atoms with van der Waals surface area (Å²) in [6, 6.07) is 8.28. The summed E-state index contributed by atoms with van der Waals surface area (Å²) in [5, 5.41) is 22.2. The van der Waals surface area contributed by atoms with Crippen molar-refractivity contribution in [3.8, 4) is 0 Å². The standard InChI is InChI=1S/C14H14N2O4S/c1-15(9-11-5-3-7-21-11)8-10-4-2-6-12(16(19)20)13(10)14(17)18/h2-7H,8-9H2,1H3,(H,17,18). The fourth-order valence-corrected chi connectivity index (χ4v) is 2.92. The van der Waals surface area contributed by atoms with E-state index < -0.39 is 10.9 Å². The van der Waals surface area contributed by atoms with E-state index in [1.807, 2.05) is 29.5 Å². The van der Waals surface area contributed by atoms with Crippen LogP contribution < -0.4 is 0 Å². The molecule has 21 heavy (non-hydrogen) atoms. The Balaban J connectivity index is 2.25. The lowest BCUT2D eigenvalue weighted by atomic mass is 10.0. The van der Waals surface area contributed by atoms with Crippen LogP contribution in [0.3, 0.4) is 0 Å². The summed E-state index contributed by atoms with van der Waals surface area (Å²) < 4.78 is 0. The van der Waals surface area contributed by atoms with Crippen molar-refractivity contribution in [3.63, 3.8) is 0 Å². The van der Waals surface area contributed by atoms with E-state index in [0.29, 0.717) is 18.7 Å². The second-order valence-electron chi connectivity index (χ2n) is 4.63. The quantitative estimate of drug-likeness (QED) is 0.655. The van der Waals surface area contributed by atoms with Crippen LogP contribution in [0.5, 0.6) is 0 Å². The van der Waals surface area contributed by atoms with Gasteiger partial charge in [0.15, 0.2) is 0 Å². The molecule has 0 bridgehead atoms. The van der Waals surface area contributed by atoms with Gasteiger partial charge in [0.05, 0.1) is 4.92 Å². The van der Waals surface area contributed by atoms with Crippen molar-refractivity contribution in [2.45, 2.75) is 13.1 Å². The zero-order valence-corrected chi connectivity index (χ0v) is 12.2. The van der Waals surface area contributed by atoms with Crippen molar-refractivity contribution in [1.82, 2.24) is 4.90 Å². The molecule has 0 aliphatic rings. The van der Waals surface area contributed by atoms with Gasteiger partial charge in [0, 0.05) is 24.0 Å². The third-order valence-electron chi connectivity index (χ3n) is 2.99. The molecule has 0 saturated heterocycles. The zero-order valence-electron chi connectivity index (χ0n) is 11.4. The molecule has 0 unspecified atom stereocenters. The lowest BCUT2D eigenvalue weighted by Gasteiger charge is -2.17. The van der Waals surface area contributed by atoms with Gasteiger partial charge in [-0.2, -0.15) is 0 Å². The van der Waals surface area contributed by atoms with Crippen LogP contribution in [-0.4, -0.2) is 27.9 Å². The average Bonchev–Trinajstić information content (AvgIpc) is 2.90. The fraction of sp³-hybridized carbons (Fsp3) is 0.214. The molecule has 1 heterocycles. The summed E-state index contributed by atoms with van der Waals surface area (Å²) in [6.45, 7) is 1.00. The molecule has 6 nitrogen and oxygen atoms in total. The second-order valence-corrected chi connectivity index (χ2v) is 5.66. The lowest BCUT2D eigenvalue weighted by molar-refractivity contribution is -0.385. The van der Waals surface area contributed by atoms with Gasteiger partial charge in [-0.3, -0.25) is 15.0 Å². The Morgan fingerprint density at radius 3 is 2.67 bits per heavy atom. The van der Waals surface area contributed by atoms with E-state index >= 15 is 0 Å². The van der Waals surface area contributed by atoms with Crippen molar-refractivity contribution in [3.05, 3.63) is 61.8 Å². The zero-order chi connectivity index (χ0) is 15.4. The summed E-state index contributed by atoms with van der Waals surface area (Å²) in [5.74, 6) is -1.28. The molecule has 7 heteroatoms. The molecule has 0 aliphatic heterocycles. The maximum absolute atomic E-state index is 11.3. The first kappa shape index (κ1) is 15.1. The summed E-state index contributed by atoms with van der Waals surface area (Å²) in [6.07, 6.45) is 0. The van der Waals surface area contributed by atoms with Crippen molar-refractivity contribution >= 4 is 23.0 Å². The molecule has 0 amide bonds.